The molecule has 100 valence electrons. The van der Waals surface area contributed by atoms with E-state index in [9.17, 15) is 0 Å². The van der Waals surface area contributed by atoms with Crippen LogP contribution in [0.25, 0.3) is 0 Å². The minimum absolute atomic E-state index is 0.313. The third-order valence-electron chi connectivity index (χ3n) is 2.23. The maximum atomic E-state index is 5.86. The van der Waals surface area contributed by atoms with E-state index in [1.807, 2.05) is 24.3 Å². The number of rotatable bonds is 5. The molecule has 0 saturated heterocycles. The van der Waals surface area contributed by atoms with Crippen LogP contribution in [-0.2, 0) is 0 Å². The van der Waals surface area contributed by atoms with Crippen molar-refractivity contribution < 1.29 is 9.47 Å². The molecule has 0 saturated carbocycles. The summed E-state index contributed by atoms with van der Waals surface area (Å²) in [5, 5.41) is 0.313. The highest BCUT2D eigenvalue weighted by atomic mass is 79.9. The summed E-state index contributed by atoms with van der Waals surface area (Å²) < 4.78 is 11.6. The van der Waals surface area contributed by atoms with Gasteiger partial charge in [-0.3, -0.25) is 0 Å². The number of halogens is 2. The van der Waals surface area contributed by atoms with Gasteiger partial charge in [0.25, 0.3) is 0 Å². The molecular weight excluding hydrogens is 332 g/mol. The Kier molecular flexibility index (Phi) is 4.99. The summed E-state index contributed by atoms with van der Waals surface area (Å²) in [6.07, 6.45) is 2.33. The average molecular weight is 344 g/mol. The zero-order valence-electron chi connectivity index (χ0n) is 10.3. The molecule has 0 N–H and O–H groups in total. The smallest absolute Gasteiger partial charge is 0.238 e. The van der Waals surface area contributed by atoms with Gasteiger partial charge < -0.3 is 9.47 Å². The van der Waals surface area contributed by atoms with E-state index in [2.05, 4.69) is 32.8 Å². The van der Waals surface area contributed by atoms with Crippen LogP contribution in [0.5, 0.6) is 17.4 Å². The minimum atomic E-state index is 0.313. The molecule has 1 aromatic carbocycles. The maximum Gasteiger partial charge on any atom is 0.238 e. The lowest BCUT2D eigenvalue weighted by Crippen LogP contribution is -1.95. The monoisotopic (exact) mass is 342 g/mol. The van der Waals surface area contributed by atoms with E-state index in [4.69, 9.17) is 21.1 Å². The highest BCUT2D eigenvalue weighted by Crippen LogP contribution is 2.31. The molecule has 2 aromatic rings. The predicted octanol–water partition coefficient (Wildman–Crippen LogP) is 4.47. The standard InChI is InChI=1S/C13H12BrClN2O2/c1-2-7-18-9-3-5-10(6-4-9)19-13-11(14)12(15)16-8-17-13/h3-6,8H,2,7H2,1H3. The van der Waals surface area contributed by atoms with Gasteiger partial charge in [0.1, 0.15) is 22.3 Å². The van der Waals surface area contributed by atoms with Crippen molar-refractivity contribution in [3.05, 3.63) is 40.2 Å². The quantitative estimate of drug-likeness (QED) is 0.751. The third kappa shape index (κ3) is 3.81. The van der Waals surface area contributed by atoms with Gasteiger partial charge in [-0.25, -0.2) is 9.97 Å². The van der Waals surface area contributed by atoms with Crippen LogP contribution in [-0.4, -0.2) is 16.6 Å². The number of nitrogens with zero attached hydrogens (tertiary/aromatic N) is 2. The summed E-state index contributed by atoms with van der Waals surface area (Å²) in [5.41, 5.74) is 0. The first-order chi connectivity index (χ1) is 9.20. The molecule has 0 fully saturated rings. The molecule has 0 spiro atoms. The summed E-state index contributed by atoms with van der Waals surface area (Å²) in [6.45, 7) is 2.77. The van der Waals surface area contributed by atoms with Gasteiger partial charge in [0.15, 0.2) is 5.15 Å². The highest BCUT2D eigenvalue weighted by molar-refractivity contribution is 9.10. The van der Waals surface area contributed by atoms with Crippen LogP contribution < -0.4 is 9.47 Å². The van der Waals surface area contributed by atoms with Crippen molar-refractivity contribution in [1.29, 1.82) is 0 Å². The lowest BCUT2D eigenvalue weighted by Gasteiger charge is -2.08. The molecule has 19 heavy (non-hydrogen) atoms. The lowest BCUT2D eigenvalue weighted by atomic mass is 10.3. The molecule has 0 unspecified atom stereocenters. The molecule has 1 aromatic heterocycles. The fraction of sp³-hybridized carbons (Fsp3) is 0.231. The van der Waals surface area contributed by atoms with Crippen LogP contribution in [0.1, 0.15) is 13.3 Å². The van der Waals surface area contributed by atoms with Crippen molar-refractivity contribution in [2.24, 2.45) is 0 Å². The minimum Gasteiger partial charge on any atom is -0.494 e. The van der Waals surface area contributed by atoms with E-state index in [1.165, 1.54) is 6.33 Å². The number of ether oxygens (including phenoxy) is 2. The van der Waals surface area contributed by atoms with E-state index in [0.29, 0.717) is 27.9 Å². The topological polar surface area (TPSA) is 44.2 Å². The summed E-state index contributed by atoms with van der Waals surface area (Å²) in [6, 6.07) is 7.32. The molecule has 0 radical (unpaired) electrons. The normalized spacial score (nSPS) is 10.3. The van der Waals surface area contributed by atoms with E-state index in [0.717, 1.165) is 12.2 Å². The molecule has 0 aliphatic rings. The Hall–Kier alpha value is -1.33. The Morgan fingerprint density at radius 1 is 1.16 bits per heavy atom. The van der Waals surface area contributed by atoms with Gasteiger partial charge in [-0.05, 0) is 46.6 Å². The van der Waals surface area contributed by atoms with Crippen molar-refractivity contribution in [3.8, 4) is 17.4 Å². The highest BCUT2D eigenvalue weighted by Gasteiger charge is 2.09. The first-order valence-corrected chi connectivity index (χ1v) is 6.94. The molecule has 0 amide bonds. The van der Waals surface area contributed by atoms with Crippen LogP contribution in [0.15, 0.2) is 35.1 Å². The molecule has 0 atom stereocenters. The number of benzene rings is 1. The predicted molar refractivity (Wildman–Crippen MR) is 77.0 cm³/mol. The number of hydrogen-bond donors (Lipinski definition) is 0. The molecule has 0 aliphatic heterocycles. The summed E-state index contributed by atoms with van der Waals surface area (Å²) in [7, 11) is 0. The second-order valence-corrected chi connectivity index (χ2v) is 4.86. The van der Waals surface area contributed by atoms with Crippen LogP contribution in [0.3, 0.4) is 0 Å². The van der Waals surface area contributed by atoms with Crippen molar-refractivity contribution in [1.82, 2.24) is 9.97 Å². The molecule has 6 heteroatoms. The van der Waals surface area contributed by atoms with E-state index >= 15 is 0 Å². The molecular formula is C13H12BrClN2O2. The van der Waals surface area contributed by atoms with Gasteiger partial charge in [0, 0.05) is 0 Å². The molecule has 0 aliphatic carbocycles. The summed E-state index contributed by atoms with van der Waals surface area (Å²) in [5.74, 6) is 1.84. The molecule has 0 bridgehead atoms. The van der Waals surface area contributed by atoms with E-state index < -0.39 is 0 Å². The first-order valence-electron chi connectivity index (χ1n) is 5.77. The van der Waals surface area contributed by atoms with Crippen LogP contribution in [0.4, 0.5) is 0 Å². The second kappa shape index (κ2) is 6.73. The van der Waals surface area contributed by atoms with Crippen LogP contribution >= 0.6 is 27.5 Å². The summed E-state index contributed by atoms with van der Waals surface area (Å²) in [4.78, 5) is 7.85. The zero-order chi connectivity index (χ0) is 13.7. The van der Waals surface area contributed by atoms with E-state index in [-0.39, 0.29) is 0 Å². The first kappa shape index (κ1) is 14.1. The Morgan fingerprint density at radius 2 is 1.84 bits per heavy atom. The third-order valence-corrected chi connectivity index (χ3v) is 3.46. The van der Waals surface area contributed by atoms with Gasteiger partial charge in [0.05, 0.1) is 6.61 Å². The van der Waals surface area contributed by atoms with Gasteiger partial charge in [0.2, 0.25) is 5.88 Å². The summed E-state index contributed by atoms with van der Waals surface area (Å²) >= 11 is 9.14. The van der Waals surface area contributed by atoms with Crippen molar-refractivity contribution in [2.75, 3.05) is 6.61 Å². The average Bonchev–Trinajstić information content (AvgIpc) is 2.43. The van der Waals surface area contributed by atoms with Gasteiger partial charge in [-0.15, -0.1) is 0 Å². The Balaban J connectivity index is 2.09. The fourth-order valence-corrected chi connectivity index (χ4v) is 1.75. The Morgan fingerprint density at radius 3 is 2.53 bits per heavy atom. The van der Waals surface area contributed by atoms with Crippen LogP contribution in [0, 0.1) is 0 Å². The van der Waals surface area contributed by atoms with Crippen molar-refractivity contribution in [2.45, 2.75) is 13.3 Å². The van der Waals surface area contributed by atoms with Gasteiger partial charge >= 0.3 is 0 Å². The molecule has 1 heterocycles. The van der Waals surface area contributed by atoms with Crippen LogP contribution in [0.2, 0.25) is 5.15 Å². The van der Waals surface area contributed by atoms with Crippen molar-refractivity contribution >= 4 is 27.5 Å². The SMILES string of the molecule is CCCOc1ccc(Oc2ncnc(Cl)c2Br)cc1. The van der Waals surface area contributed by atoms with Gasteiger partial charge in [-0.2, -0.15) is 0 Å². The van der Waals surface area contributed by atoms with E-state index in [1.54, 1.807) is 0 Å². The molecule has 2 rings (SSSR count). The maximum absolute atomic E-state index is 5.86. The fourth-order valence-electron chi connectivity index (χ4n) is 1.34. The van der Waals surface area contributed by atoms with Crippen molar-refractivity contribution in [3.63, 3.8) is 0 Å². The number of hydrogen-bond acceptors (Lipinski definition) is 4. The lowest BCUT2D eigenvalue weighted by molar-refractivity contribution is 0.317. The second-order valence-electron chi connectivity index (χ2n) is 3.71. The van der Waals surface area contributed by atoms with Gasteiger partial charge in [-0.1, -0.05) is 18.5 Å². The zero-order valence-corrected chi connectivity index (χ0v) is 12.6. The molecule has 4 nitrogen and oxygen atoms in total. The largest absolute Gasteiger partial charge is 0.494 e. The number of aromatic nitrogens is 2. The Labute approximate surface area is 124 Å². The Bertz CT molecular complexity index is 549.